The van der Waals surface area contributed by atoms with E-state index < -0.39 is 11.7 Å². The van der Waals surface area contributed by atoms with E-state index in [9.17, 15) is 8.78 Å². The Morgan fingerprint density at radius 3 is 2.10 bits per heavy atom. The first-order valence-electron chi connectivity index (χ1n) is 2.90. The highest BCUT2D eigenvalue weighted by molar-refractivity contribution is 5.23. The fourth-order valence-electron chi connectivity index (χ4n) is 0.324. The van der Waals surface area contributed by atoms with Gasteiger partial charge in [0.05, 0.1) is 0 Å². The Labute approximate surface area is 59.6 Å². The van der Waals surface area contributed by atoms with Crippen molar-refractivity contribution < 1.29 is 8.78 Å². The lowest BCUT2D eigenvalue weighted by Gasteiger charge is -1.89. The largest absolute Gasteiger partial charge is 0.207 e. The number of hydrogen-bond donors (Lipinski definition) is 0. The van der Waals surface area contributed by atoms with Gasteiger partial charge in [0.15, 0.2) is 0 Å². The van der Waals surface area contributed by atoms with Gasteiger partial charge in [0.2, 0.25) is 0 Å². The molecule has 0 aliphatic heterocycles. The van der Waals surface area contributed by atoms with Crippen LogP contribution in [-0.2, 0) is 0 Å². The van der Waals surface area contributed by atoms with Crippen molar-refractivity contribution in [1.29, 1.82) is 0 Å². The third-order valence-corrected chi connectivity index (χ3v) is 0.937. The van der Waals surface area contributed by atoms with Gasteiger partial charge in [-0.25, -0.2) is 8.78 Å². The second kappa shape index (κ2) is 3.99. The quantitative estimate of drug-likeness (QED) is 0.521. The number of hydrogen-bond acceptors (Lipinski definition) is 0. The SMILES string of the molecule is C=C/C(F)=C\C(F)=C(C)C. The van der Waals surface area contributed by atoms with Gasteiger partial charge in [-0.05, 0) is 25.5 Å². The molecule has 0 N–H and O–H groups in total. The molecule has 0 saturated heterocycles. The third-order valence-electron chi connectivity index (χ3n) is 0.937. The summed E-state index contributed by atoms with van der Waals surface area (Å²) in [6.07, 6.45) is 1.77. The first kappa shape index (κ1) is 9.08. The summed E-state index contributed by atoms with van der Waals surface area (Å²) < 4.78 is 24.7. The van der Waals surface area contributed by atoms with Crippen LogP contribution < -0.4 is 0 Å². The molecule has 0 spiro atoms. The summed E-state index contributed by atoms with van der Waals surface area (Å²) in [5.41, 5.74) is 0.456. The van der Waals surface area contributed by atoms with Gasteiger partial charge in [-0.3, -0.25) is 0 Å². The fourth-order valence-corrected chi connectivity index (χ4v) is 0.324. The van der Waals surface area contributed by atoms with Crippen molar-refractivity contribution in [2.24, 2.45) is 0 Å². The van der Waals surface area contributed by atoms with Crippen molar-refractivity contribution in [3.05, 3.63) is 36.0 Å². The van der Waals surface area contributed by atoms with Crippen molar-refractivity contribution >= 4 is 0 Å². The maximum atomic E-state index is 12.5. The number of allylic oxidation sites excluding steroid dienone is 5. The van der Waals surface area contributed by atoms with Crippen molar-refractivity contribution in [3.8, 4) is 0 Å². The summed E-state index contributed by atoms with van der Waals surface area (Å²) in [4.78, 5) is 0. The lowest BCUT2D eigenvalue weighted by atomic mass is 10.3. The average molecular weight is 144 g/mol. The summed E-state index contributed by atoms with van der Waals surface area (Å²) in [6, 6.07) is 0. The molecular weight excluding hydrogens is 134 g/mol. The normalized spacial score (nSPS) is 11.0. The molecule has 56 valence electrons. The van der Waals surface area contributed by atoms with Gasteiger partial charge >= 0.3 is 0 Å². The second-order valence-electron chi connectivity index (χ2n) is 2.08. The van der Waals surface area contributed by atoms with E-state index in [-0.39, 0.29) is 0 Å². The van der Waals surface area contributed by atoms with Crippen LogP contribution in [0.2, 0.25) is 0 Å². The topological polar surface area (TPSA) is 0 Å². The van der Waals surface area contributed by atoms with Gasteiger partial charge < -0.3 is 0 Å². The van der Waals surface area contributed by atoms with Crippen LogP contribution in [0.3, 0.4) is 0 Å². The van der Waals surface area contributed by atoms with E-state index in [4.69, 9.17) is 0 Å². The minimum absolute atomic E-state index is 0.456. The molecule has 0 heterocycles. The first-order valence-corrected chi connectivity index (χ1v) is 2.90. The standard InChI is InChI=1S/C8H10F2/c1-4-7(9)5-8(10)6(2)3/h4-5H,1H2,2-3H3/b7-5+. The molecule has 0 amide bonds. The minimum atomic E-state index is -0.654. The van der Waals surface area contributed by atoms with Crippen LogP contribution >= 0.6 is 0 Å². The minimum Gasteiger partial charge on any atom is -0.207 e. The van der Waals surface area contributed by atoms with E-state index in [0.717, 1.165) is 12.2 Å². The fraction of sp³-hybridized carbons (Fsp3) is 0.250. The molecule has 0 aliphatic rings. The van der Waals surface area contributed by atoms with Gasteiger partial charge in [0.25, 0.3) is 0 Å². The maximum Gasteiger partial charge on any atom is 0.125 e. The smallest absolute Gasteiger partial charge is 0.125 e. The summed E-state index contributed by atoms with van der Waals surface area (Å²) >= 11 is 0. The summed E-state index contributed by atoms with van der Waals surface area (Å²) in [5, 5.41) is 0. The van der Waals surface area contributed by atoms with Crippen LogP contribution in [0.25, 0.3) is 0 Å². The highest BCUT2D eigenvalue weighted by atomic mass is 19.1. The third kappa shape index (κ3) is 3.17. The zero-order chi connectivity index (χ0) is 8.15. The Kier molecular flexibility index (Phi) is 3.62. The average Bonchev–Trinajstić information content (AvgIpc) is 1.87. The second-order valence-corrected chi connectivity index (χ2v) is 2.08. The lowest BCUT2D eigenvalue weighted by molar-refractivity contribution is 0.624. The van der Waals surface area contributed by atoms with Crippen molar-refractivity contribution in [1.82, 2.24) is 0 Å². The lowest BCUT2D eigenvalue weighted by Crippen LogP contribution is -1.72. The van der Waals surface area contributed by atoms with Gasteiger partial charge in [0, 0.05) is 6.08 Å². The zero-order valence-corrected chi connectivity index (χ0v) is 6.12. The Balaban J connectivity index is 4.42. The highest BCUT2D eigenvalue weighted by Gasteiger charge is 1.93. The van der Waals surface area contributed by atoms with Crippen LogP contribution in [0.15, 0.2) is 36.0 Å². The van der Waals surface area contributed by atoms with E-state index in [0.29, 0.717) is 5.57 Å². The van der Waals surface area contributed by atoms with Gasteiger partial charge in [-0.1, -0.05) is 6.58 Å². The molecule has 0 aromatic carbocycles. The summed E-state index contributed by atoms with van der Waals surface area (Å²) in [6.45, 7) is 6.28. The van der Waals surface area contributed by atoms with E-state index in [2.05, 4.69) is 6.58 Å². The zero-order valence-electron chi connectivity index (χ0n) is 6.12. The van der Waals surface area contributed by atoms with Gasteiger partial charge in [0.1, 0.15) is 11.7 Å². The summed E-state index contributed by atoms with van der Waals surface area (Å²) in [7, 11) is 0. The van der Waals surface area contributed by atoms with Gasteiger partial charge in [-0.2, -0.15) is 0 Å². The molecule has 0 bridgehead atoms. The Morgan fingerprint density at radius 2 is 1.80 bits per heavy atom. The molecule has 0 rings (SSSR count). The van der Waals surface area contributed by atoms with E-state index in [1.54, 1.807) is 13.8 Å². The molecule has 2 heteroatoms. The predicted molar refractivity (Wildman–Crippen MR) is 38.9 cm³/mol. The van der Waals surface area contributed by atoms with Gasteiger partial charge in [-0.15, -0.1) is 0 Å². The van der Waals surface area contributed by atoms with E-state index >= 15 is 0 Å². The molecule has 0 aliphatic carbocycles. The van der Waals surface area contributed by atoms with E-state index in [1.165, 1.54) is 0 Å². The maximum absolute atomic E-state index is 12.5. The molecule has 0 saturated carbocycles. The number of halogens is 2. The Bertz CT molecular complexity index is 183. The Hall–Kier alpha value is -0.920. The van der Waals surface area contributed by atoms with Crippen LogP contribution in [-0.4, -0.2) is 0 Å². The van der Waals surface area contributed by atoms with Crippen molar-refractivity contribution in [3.63, 3.8) is 0 Å². The number of rotatable bonds is 2. The first-order chi connectivity index (χ1) is 4.57. The molecular formula is C8H10F2. The van der Waals surface area contributed by atoms with E-state index in [1.807, 2.05) is 0 Å². The molecule has 0 nitrogen and oxygen atoms in total. The Morgan fingerprint density at radius 1 is 1.30 bits per heavy atom. The molecule has 10 heavy (non-hydrogen) atoms. The van der Waals surface area contributed by atoms with Crippen LogP contribution in [0.4, 0.5) is 8.78 Å². The molecule has 0 aromatic heterocycles. The summed E-state index contributed by atoms with van der Waals surface area (Å²) in [5.74, 6) is -1.20. The predicted octanol–water partition coefficient (Wildman–Crippen LogP) is 3.29. The van der Waals surface area contributed by atoms with Crippen molar-refractivity contribution in [2.75, 3.05) is 0 Å². The molecule has 0 aromatic rings. The monoisotopic (exact) mass is 144 g/mol. The van der Waals surface area contributed by atoms with Crippen LogP contribution in [0.1, 0.15) is 13.8 Å². The van der Waals surface area contributed by atoms with Crippen LogP contribution in [0.5, 0.6) is 0 Å². The van der Waals surface area contributed by atoms with Crippen molar-refractivity contribution in [2.45, 2.75) is 13.8 Å². The molecule has 0 fully saturated rings. The molecule has 0 unspecified atom stereocenters. The molecule has 0 radical (unpaired) electrons. The van der Waals surface area contributed by atoms with Crippen LogP contribution in [0, 0.1) is 0 Å². The highest BCUT2D eigenvalue weighted by Crippen LogP contribution is 2.10. The molecule has 0 atom stereocenters.